The van der Waals surface area contributed by atoms with Gasteiger partial charge in [0.15, 0.2) is 0 Å². The second-order valence-electron chi connectivity index (χ2n) is 4.26. The molecule has 0 bridgehead atoms. The Kier molecular flexibility index (Phi) is 5.25. The van der Waals surface area contributed by atoms with Crippen molar-refractivity contribution in [1.82, 2.24) is 10.6 Å². The highest BCUT2D eigenvalue weighted by atomic mass is 16.3. The van der Waals surface area contributed by atoms with Gasteiger partial charge in [-0.15, -0.1) is 0 Å². The maximum Gasteiger partial charge on any atom is 0.222 e. The zero-order valence-corrected chi connectivity index (χ0v) is 9.66. The van der Waals surface area contributed by atoms with E-state index in [0.29, 0.717) is 6.54 Å². The molecule has 1 saturated carbocycles. The fourth-order valence-corrected chi connectivity index (χ4v) is 1.91. The van der Waals surface area contributed by atoms with Crippen LogP contribution in [-0.2, 0) is 9.59 Å². The van der Waals surface area contributed by atoms with Crippen molar-refractivity contribution < 1.29 is 14.7 Å². The van der Waals surface area contributed by atoms with Crippen LogP contribution in [0.3, 0.4) is 0 Å². The van der Waals surface area contributed by atoms with Crippen LogP contribution in [0.5, 0.6) is 0 Å². The van der Waals surface area contributed by atoms with E-state index in [1.807, 2.05) is 0 Å². The summed E-state index contributed by atoms with van der Waals surface area (Å²) in [5.41, 5.74) is 0. The van der Waals surface area contributed by atoms with Crippen LogP contribution in [-0.4, -0.2) is 35.6 Å². The molecular weight excluding hydrogens is 208 g/mol. The third-order valence-electron chi connectivity index (χ3n) is 2.80. The molecule has 5 nitrogen and oxygen atoms in total. The van der Waals surface area contributed by atoms with Crippen molar-refractivity contribution in [2.45, 2.75) is 51.2 Å². The largest absolute Gasteiger partial charge is 0.391 e. The Balaban J connectivity index is 2.19. The van der Waals surface area contributed by atoms with Crippen molar-refractivity contribution in [1.29, 1.82) is 0 Å². The van der Waals surface area contributed by atoms with Crippen molar-refractivity contribution in [3.8, 4) is 0 Å². The van der Waals surface area contributed by atoms with Gasteiger partial charge < -0.3 is 15.7 Å². The Morgan fingerprint density at radius 2 is 2.00 bits per heavy atom. The second-order valence-corrected chi connectivity index (χ2v) is 4.26. The molecule has 0 aromatic rings. The van der Waals surface area contributed by atoms with E-state index >= 15 is 0 Å². The minimum Gasteiger partial charge on any atom is -0.391 e. The number of carbonyl (C=O) groups is 2. The summed E-state index contributed by atoms with van der Waals surface area (Å²) < 4.78 is 0. The van der Waals surface area contributed by atoms with Gasteiger partial charge in [0.2, 0.25) is 11.8 Å². The van der Waals surface area contributed by atoms with Crippen molar-refractivity contribution in [3.05, 3.63) is 0 Å². The van der Waals surface area contributed by atoms with Crippen LogP contribution in [0.25, 0.3) is 0 Å². The Hall–Kier alpha value is -1.10. The molecule has 1 aliphatic carbocycles. The predicted octanol–water partition coefficient (Wildman–Crippen LogP) is -0.0677. The molecule has 2 amide bonds. The summed E-state index contributed by atoms with van der Waals surface area (Å²) in [6.45, 7) is 1.77. The van der Waals surface area contributed by atoms with E-state index in [4.69, 9.17) is 0 Å². The maximum absolute atomic E-state index is 11.5. The van der Waals surface area contributed by atoms with Gasteiger partial charge in [-0.25, -0.2) is 0 Å². The first-order chi connectivity index (χ1) is 7.59. The van der Waals surface area contributed by atoms with E-state index < -0.39 is 6.10 Å². The Morgan fingerprint density at radius 1 is 1.31 bits per heavy atom. The number of nitrogens with one attached hydrogen (secondary N) is 2. The van der Waals surface area contributed by atoms with Gasteiger partial charge in [0.05, 0.1) is 12.1 Å². The first-order valence-corrected chi connectivity index (χ1v) is 5.81. The quantitative estimate of drug-likeness (QED) is 0.630. The molecule has 92 valence electrons. The van der Waals surface area contributed by atoms with Crippen molar-refractivity contribution >= 4 is 11.8 Å². The number of hydrogen-bond acceptors (Lipinski definition) is 3. The molecule has 0 unspecified atom stereocenters. The molecule has 3 N–H and O–H groups in total. The van der Waals surface area contributed by atoms with Gasteiger partial charge in [0, 0.05) is 19.9 Å². The van der Waals surface area contributed by atoms with E-state index in [0.717, 1.165) is 25.7 Å². The minimum absolute atomic E-state index is 0.111. The van der Waals surface area contributed by atoms with Gasteiger partial charge in [-0.05, 0) is 12.8 Å². The Labute approximate surface area is 95.6 Å². The maximum atomic E-state index is 11.5. The number of aliphatic hydroxyl groups excluding tert-OH is 1. The monoisotopic (exact) mass is 228 g/mol. The molecule has 0 aliphatic heterocycles. The summed E-state index contributed by atoms with van der Waals surface area (Å²) in [4.78, 5) is 22.0. The molecule has 2 atom stereocenters. The summed E-state index contributed by atoms with van der Waals surface area (Å²) in [6.07, 6.45) is 3.53. The molecule has 1 rings (SSSR count). The highest BCUT2D eigenvalue weighted by Crippen LogP contribution is 2.18. The van der Waals surface area contributed by atoms with Crippen LogP contribution in [0, 0.1) is 0 Å². The number of hydrogen-bond donors (Lipinski definition) is 3. The highest BCUT2D eigenvalue weighted by molar-refractivity contribution is 5.78. The van der Waals surface area contributed by atoms with Crippen LogP contribution in [0.15, 0.2) is 0 Å². The lowest BCUT2D eigenvalue weighted by atomic mass is 9.92. The van der Waals surface area contributed by atoms with E-state index in [1.165, 1.54) is 6.92 Å². The summed E-state index contributed by atoms with van der Waals surface area (Å²) in [5, 5.41) is 15.0. The molecule has 0 heterocycles. The fourth-order valence-electron chi connectivity index (χ4n) is 1.91. The van der Waals surface area contributed by atoms with Crippen LogP contribution in [0.4, 0.5) is 0 Å². The molecule has 0 saturated heterocycles. The summed E-state index contributed by atoms with van der Waals surface area (Å²) >= 11 is 0. The topological polar surface area (TPSA) is 78.4 Å². The number of rotatable bonds is 4. The van der Waals surface area contributed by atoms with Crippen molar-refractivity contribution in [2.24, 2.45) is 0 Å². The van der Waals surface area contributed by atoms with E-state index in [2.05, 4.69) is 10.6 Å². The third-order valence-corrected chi connectivity index (χ3v) is 2.80. The number of amides is 2. The molecule has 0 aromatic heterocycles. The van der Waals surface area contributed by atoms with Crippen LogP contribution < -0.4 is 10.6 Å². The van der Waals surface area contributed by atoms with Gasteiger partial charge in [0.1, 0.15) is 0 Å². The molecule has 1 aliphatic rings. The second kappa shape index (κ2) is 6.48. The van der Waals surface area contributed by atoms with E-state index in [-0.39, 0.29) is 24.3 Å². The van der Waals surface area contributed by atoms with Crippen LogP contribution >= 0.6 is 0 Å². The first-order valence-electron chi connectivity index (χ1n) is 5.81. The zero-order valence-electron chi connectivity index (χ0n) is 9.66. The summed E-state index contributed by atoms with van der Waals surface area (Å²) in [6, 6.07) is -0.112. The highest BCUT2D eigenvalue weighted by Gasteiger charge is 2.23. The van der Waals surface area contributed by atoms with Gasteiger partial charge in [-0.1, -0.05) is 12.8 Å². The molecule has 16 heavy (non-hydrogen) atoms. The number of carbonyl (C=O) groups excluding carboxylic acids is 2. The van der Waals surface area contributed by atoms with Gasteiger partial charge in [-0.2, -0.15) is 0 Å². The minimum atomic E-state index is -0.418. The lowest BCUT2D eigenvalue weighted by Crippen LogP contribution is -2.45. The van der Waals surface area contributed by atoms with Gasteiger partial charge >= 0.3 is 0 Å². The SMILES string of the molecule is CC(=O)NCCC(=O)N[C@H]1CCCC[C@@H]1O. The lowest BCUT2D eigenvalue weighted by Gasteiger charge is -2.28. The van der Waals surface area contributed by atoms with Gasteiger partial charge in [-0.3, -0.25) is 9.59 Å². The average Bonchev–Trinajstić information content (AvgIpc) is 2.21. The standard InChI is InChI=1S/C11H20N2O3/c1-8(14)12-7-6-11(16)13-9-4-2-3-5-10(9)15/h9-10,15H,2-7H2,1H3,(H,12,14)(H,13,16)/t9-,10-/m0/s1. The molecular formula is C11H20N2O3. The number of aliphatic hydroxyl groups is 1. The summed E-state index contributed by atoms with van der Waals surface area (Å²) in [5.74, 6) is -0.245. The van der Waals surface area contributed by atoms with Gasteiger partial charge in [0.25, 0.3) is 0 Å². The smallest absolute Gasteiger partial charge is 0.222 e. The van der Waals surface area contributed by atoms with Crippen LogP contribution in [0.1, 0.15) is 39.0 Å². The average molecular weight is 228 g/mol. The zero-order chi connectivity index (χ0) is 12.0. The predicted molar refractivity (Wildman–Crippen MR) is 59.7 cm³/mol. The normalized spacial score (nSPS) is 24.9. The van der Waals surface area contributed by atoms with E-state index in [1.54, 1.807) is 0 Å². The molecule has 0 aromatic carbocycles. The van der Waals surface area contributed by atoms with Crippen molar-refractivity contribution in [2.75, 3.05) is 6.54 Å². The molecule has 0 spiro atoms. The Morgan fingerprint density at radius 3 is 2.62 bits per heavy atom. The Bertz CT molecular complexity index is 256. The van der Waals surface area contributed by atoms with E-state index in [9.17, 15) is 14.7 Å². The fraction of sp³-hybridized carbons (Fsp3) is 0.818. The molecule has 5 heteroatoms. The van der Waals surface area contributed by atoms with Crippen LogP contribution in [0.2, 0.25) is 0 Å². The third kappa shape index (κ3) is 4.61. The first kappa shape index (κ1) is 13.0. The van der Waals surface area contributed by atoms with Crippen molar-refractivity contribution in [3.63, 3.8) is 0 Å². The molecule has 0 radical (unpaired) electrons. The molecule has 1 fully saturated rings. The lowest BCUT2D eigenvalue weighted by molar-refractivity contribution is -0.123. The summed E-state index contributed by atoms with van der Waals surface area (Å²) in [7, 11) is 0.